The number of hydrogen-bond acceptors (Lipinski definition) is 4. The summed E-state index contributed by atoms with van der Waals surface area (Å²) in [6, 6.07) is 8.14. The molecule has 0 saturated carbocycles. The molecule has 0 bridgehead atoms. The van der Waals surface area contributed by atoms with Gasteiger partial charge in [0.05, 0.1) is 0 Å². The average molecular weight is 256 g/mol. The summed E-state index contributed by atoms with van der Waals surface area (Å²) in [6.07, 6.45) is 4.62. The highest BCUT2D eigenvalue weighted by Gasteiger charge is 2.08. The monoisotopic (exact) mass is 256 g/mol. The van der Waals surface area contributed by atoms with Crippen molar-refractivity contribution in [1.82, 2.24) is 9.97 Å². The van der Waals surface area contributed by atoms with Crippen LogP contribution in [0, 0.1) is 6.92 Å². The number of pyridine rings is 2. The lowest BCUT2D eigenvalue weighted by Gasteiger charge is -2.21. The summed E-state index contributed by atoms with van der Waals surface area (Å²) in [4.78, 5) is 10.8. The number of hydrogen-bond donors (Lipinski definition) is 1. The largest absolute Gasteiger partial charge is 0.359 e. The number of nitrogens with two attached hydrogens (primary N) is 1. The predicted molar refractivity (Wildman–Crippen MR) is 78.1 cm³/mol. The maximum atomic E-state index is 5.77. The molecule has 0 aliphatic carbocycles. The van der Waals surface area contributed by atoms with Gasteiger partial charge in [-0.05, 0) is 37.1 Å². The zero-order valence-electron chi connectivity index (χ0n) is 11.5. The molecule has 2 N–H and O–H groups in total. The Morgan fingerprint density at radius 2 is 1.89 bits per heavy atom. The van der Waals surface area contributed by atoms with E-state index in [-0.39, 0.29) is 0 Å². The van der Waals surface area contributed by atoms with E-state index in [4.69, 9.17) is 5.73 Å². The van der Waals surface area contributed by atoms with E-state index in [9.17, 15) is 0 Å². The number of aryl methyl sites for hydroxylation is 1. The second-order valence-corrected chi connectivity index (χ2v) is 4.67. The van der Waals surface area contributed by atoms with Crippen molar-refractivity contribution in [1.29, 1.82) is 0 Å². The van der Waals surface area contributed by atoms with Crippen LogP contribution in [0.15, 0.2) is 36.7 Å². The standard InChI is InChI=1S/C15H20N4/c1-12-3-4-14(11-16)15(18-12)19(2)10-7-13-5-8-17-9-6-13/h3-6,8-9H,7,10-11,16H2,1-2H3. The summed E-state index contributed by atoms with van der Waals surface area (Å²) >= 11 is 0. The van der Waals surface area contributed by atoms with Crippen molar-refractivity contribution >= 4 is 5.82 Å². The highest BCUT2D eigenvalue weighted by atomic mass is 15.2. The molecular formula is C15H20N4. The van der Waals surface area contributed by atoms with E-state index in [1.807, 2.05) is 37.5 Å². The molecule has 0 aliphatic heterocycles. The van der Waals surface area contributed by atoms with Crippen molar-refractivity contribution in [2.24, 2.45) is 5.73 Å². The lowest BCUT2D eigenvalue weighted by molar-refractivity contribution is 0.841. The van der Waals surface area contributed by atoms with Gasteiger partial charge in [-0.15, -0.1) is 0 Å². The number of aromatic nitrogens is 2. The molecule has 0 aromatic carbocycles. The first kappa shape index (κ1) is 13.5. The van der Waals surface area contributed by atoms with Gasteiger partial charge in [-0.3, -0.25) is 4.98 Å². The van der Waals surface area contributed by atoms with Crippen LogP contribution in [0.3, 0.4) is 0 Å². The van der Waals surface area contributed by atoms with Gasteiger partial charge in [0.25, 0.3) is 0 Å². The first-order chi connectivity index (χ1) is 9.20. The third kappa shape index (κ3) is 3.51. The zero-order valence-corrected chi connectivity index (χ0v) is 11.5. The number of nitrogens with zero attached hydrogens (tertiary/aromatic N) is 3. The molecule has 0 fully saturated rings. The Hall–Kier alpha value is -1.94. The fraction of sp³-hybridized carbons (Fsp3) is 0.333. The second-order valence-electron chi connectivity index (χ2n) is 4.67. The van der Waals surface area contributed by atoms with Gasteiger partial charge >= 0.3 is 0 Å². The third-order valence-corrected chi connectivity index (χ3v) is 3.16. The fourth-order valence-electron chi connectivity index (χ4n) is 2.01. The van der Waals surface area contributed by atoms with Gasteiger partial charge in [-0.25, -0.2) is 4.98 Å². The maximum absolute atomic E-state index is 5.77. The summed E-state index contributed by atoms with van der Waals surface area (Å²) in [5.74, 6) is 0.983. The molecule has 4 nitrogen and oxygen atoms in total. The normalized spacial score (nSPS) is 10.5. The second kappa shape index (κ2) is 6.29. The van der Waals surface area contributed by atoms with E-state index in [2.05, 4.69) is 28.0 Å². The van der Waals surface area contributed by atoms with Crippen LogP contribution < -0.4 is 10.6 Å². The molecule has 19 heavy (non-hydrogen) atoms. The lowest BCUT2D eigenvalue weighted by Crippen LogP contribution is -2.23. The van der Waals surface area contributed by atoms with Gasteiger partial charge in [0.1, 0.15) is 5.82 Å². The van der Waals surface area contributed by atoms with Crippen LogP contribution in [-0.4, -0.2) is 23.6 Å². The van der Waals surface area contributed by atoms with Crippen LogP contribution in [-0.2, 0) is 13.0 Å². The Kier molecular flexibility index (Phi) is 4.47. The highest BCUT2D eigenvalue weighted by molar-refractivity contribution is 5.47. The van der Waals surface area contributed by atoms with Crippen LogP contribution in [0.25, 0.3) is 0 Å². The van der Waals surface area contributed by atoms with Gasteiger partial charge in [0.2, 0.25) is 0 Å². The van der Waals surface area contributed by atoms with E-state index in [0.29, 0.717) is 6.54 Å². The third-order valence-electron chi connectivity index (χ3n) is 3.16. The van der Waals surface area contributed by atoms with Crippen molar-refractivity contribution in [2.45, 2.75) is 19.9 Å². The average Bonchev–Trinajstić information content (AvgIpc) is 2.46. The molecule has 0 spiro atoms. The molecule has 0 aliphatic rings. The van der Waals surface area contributed by atoms with E-state index < -0.39 is 0 Å². The van der Waals surface area contributed by atoms with Gasteiger partial charge in [-0.1, -0.05) is 6.07 Å². The van der Waals surface area contributed by atoms with Gasteiger partial charge in [0, 0.05) is 43.8 Å². The molecule has 2 aromatic heterocycles. The molecular weight excluding hydrogens is 236 g/mol. The molecule has 0 radical (unpaired) electrons. The van der Waals surface area contributed by atoms with Crippen molar-refractivity contribution in [3.8, 4) is 0 Å². The smallest absolute Gasteiger partial charge is 0.133 e. The first-order valence-corrected chi connectivity index (χ1v) is 6.47. The zero-order chi connectivity index (χ0) is 13.7. The Bertz CT molecular complexity index is 525. The minimum Gasteiger partial charge on any atom is -0.359 e. The topological polar surface area (TPSA) is 55.0 Å². The SMILES string of the molecule is Cc1ccc(CN)c(N(C)CCc2ccncc2)n1. The molecule has 0 amide bonds. The van der Waals surface area contributed by atoms with Gasteiger partial charge < -0.3 is 10.6 Å². The number of rotatable bonds is 5. The van der Waals surface area contributed by atoms with Crippen LogP contribution in [0.2, 0.25) is 0 Å². The van der Waals surface area contributed by atoms with Gasteiger partial charge in [0.15, 0.2) is 0 Å². The molecule has 0 saturated heterocycles. The van der Waals surface area contributed by atoms with E-state index >= 15 is 0 Å². The summed E-state index contributed by atoms with van der Waals surface area (Å²) < 4.78 is 0. The van der Waals surface area contributed by atoms with E-state index in [1.54, 1.807) is 0 Å². The Morgan fingerprint density at radius 1 is 1.16 bits per heavy atom. The minimum absolute atomic E-state index is 0.516. The molecule has 2 aromatic rings. The molecule has 0 atom stereocenters. The quantitative estimate of drug-likeness (QED) is 0.888. The van der Waals surface area contributed by atoms with Crippen LogP contribution in [0.1, 0.15) is 16.8 Å². The van der Waals surface area contributed by atoms with Crippen molar-refractivity contribution in [3.05, 3.63) is 53.5 Å². The Labute approximate surface area is 114 Å². The highest BCUT2D eigenvalue weighted by Crippen LogP contribution is 2.17. The Morgan fingerprint density at radius 3 is 2.58 bits per heavy atom. The van der Waals surface area contributed by atoms with Crippen molar-refractivity contribution in [2.75, 3.05) is 18.5 Å². The van der Waals surface area contributed by atoms with E-state index in [1.165, 1.54) is 5.56 Å². The van der Waals surface area contributed by atoms with Crippen molar-refractivity contribution in [3.63, 3.8) is 0 Å². The number of likely N-dealkylation sites (N-methyl/N-ethyl adjacent to an activating group) is 1. The fourth-order valence-corrected chi connectivity index (χ4v) is 2.01. The summed E-state index contributed by atoms with van der Waals surface area (Å²) in [6.45, 7) is 3.43. The molecule has 2 heterocycles. The van der Waals surface area contributed by atoms with Gasteiger partial charge in [-0.2, -0.15) is 0 Å². The molecule has 0 unspecified atom stereocenters. The lowest BCUT2D eigenvalue weighted by atomic mass is 10.2. The van der Waals surface area contributed by atoms with Crippen LogP contribution >= 0.6 is 0 Å². The summed E-state index contributed by atoms with van der Waals surface area (Å²) in [5, 5.41) is 0. The molecule has 4 heteroatoms. The van der Waals surface area contributed by atoms with Crippen LogP contribution in [0.5, 0.6) is 0 Å². The molecule has 2 rings (SSSR count). The summed E-state index contributed by atoms with van der Waals surface area (Å²) in [5.41, 5.74) is 9.15. The minimum atomic E-state index is 0.516. The Balaban J connectivity index is 2.07. The number of anilines is 1. The molecule has 100 valence electrons. The van der Waals surface area contributed by atoms with E-state index in [0.717, 1.165) is 30.0 Å². The summed E-state index contributed by atoms with van der Waals surface area (Å²) in [7, 11) is 2.06. The van der Waals surface area contributed by atoms with Crippen LogP contribution in [0.4, 0.5) is 5.82 Å². The predicted octanol–water partition coefficient (Wildman–Crippen LogP) is 1.92. The van der Waals surface area contributed by atoms with Crippen molar-refractivity contribution < 1.29 is 0 Å². The maximum Gasteiger partial charge on any atom is 0.133 e. The first-order valence-electron chi connectivity index (χ1n) is 6.47.